The van der Waals surface area contributed by atoms with E-state index in [0.717, 1.165) is 10.3 Å². The third-order valence-corrected chi connectivity index (χ3v) is 2.44. The van der Waals surface area contributed by atoms with Gasteiger partial charge in [0.15, 0.2) is 0 Å². The summed E-state index contributed by atoms with van der Waals surface area (Å²) in [4.78, 5) is 0. The molecule has 0 aliphatic rings. The lowest BCUT2D eigenvalue weighted by molar-refractivity contribution is 0.519. The van der Waals surface area contributed by atoms with Crippen molar-refractivity contribution in [3.63, 3.8) is 0 Å². The second-order valence-corrected chi connectivity index (χ2v) is 3.77. The summed E-state index contributed by atoms with van der Waals surface area (Å²) in [6.07, 6.45) is 2.45. The van der Waals surface area contributed by atoms with Crippen LogP contribution in [0.25, 0.3) is 0 Å². The topological polar surface area (TPSA) is 26.0 Å². The van der Waals surface area contributed by atoms with E-state index >= 15 is 0 Å². The predicted molar refractivity (Wildman–Crippen MR) is 50.9 cm³/mol. The van der Waals surface area contributed by atoms with Crippen LogP contribution in [-0.4, -0.2) is 10.5 Å². The SMILES string of the molecule is CC(C)CCC(N)CI. The lowest BCUT2D eigenvalue weighted by Gasteiger charge is -2.08. The van der Waals surface area contributed by atoms with Crippen LogP contribution in [0, 0.1) is 5.92 Å². The average molecular weight is 241 g/mol. The zero-order chi connectivity index (χ0) is 7.28. The maximum Gasteiger partial charge on any atom is 0.0147 e. The van der Waals surface area contributed by atoms with Gasteiger partial charge in [-0.15, -0.1) is 0 Å². The average Bonchev–Trinajstić information content (AvgIpc) is 1.83. The van der Waals surface area contributed by atoms with E-state index in [1.54, 1.807) is 0 Å². The number of alkyl halides is 1. The Balaban J connectivity index is 3.06. The van der Waals surface area contributed by atoms with Gasteiger partial charge >= 0.3 is 0 Å². The smallest absolute Gasteiger partial charge is 0.0147 e. The van der Waals surface area contributed by atoms with Gasteiger partial charge in [0.05, 0.1) is 0 Å². The molecule has 0 aromatic heterocycles. The molecule has 2 heteroatoms. The van der Waals surface area contributed by atoms with Gasteiger partial charge in [-0.25, -0.2) is 0 Å². The number of hydrogen-bond acceptors (Lipinski definition) is 1. The van der Waals surface area contributed by atoms with Crippen molar-refractivity contribution in [2.45, 2.75) is 32.7 Å². The van der Waals surface area contributed by atoms with Gasteiger partial charge in [0.25, 0.3) is 0 Å². The molecule has 9 heavy (non-hydrogen) atoms. The fourth-order valence-corrected chi connectivity index (χ4v) is 1.06. The monoisotopic (exact) mass is 241 g/mol. The molecule has 1 atom stereocenters. The first kappa shape index (κ1) is 9.69. The second kappa shape index (κ2) is 5.47. The second-order valence-electron chi connectivity index (χ2n) is 2.89. The molecule has 0 aliphatic heterocycles. The number of nitrogens with two attached hydrogens (primary N) is 1. The van der Waals surface area contributed by atoms with Crippen LogP contribution >= 0.6 is 22.6 Å². The van der Waals surface area contributed by atoms with Crippen LogP contribution in [-0.2, 0) is 0 Å². The molecule has 0 bridgehead atoms. The zero-order valence-electron chi connectivity index (χ0n) is 6.23. The molecule has 56 valence electrons. The van der Waals surface area contributed by atoms with Gasteiger partial charge in [0.1, 0.15) is 0 Å². The first-order valence-corrected chi connectivity index (χ1v) is 5.01. The Labute approximate surface area is 71.5 Å². The minimum atomic E-state index is 0.424. The van der Waals surface area contributed by atoms with Crippen LogP contribution < -0.4 is 5.73 Å². The van der Waals surface area contributed by atoms with Crippen molar-refractivity contribution in [2.75, 3.05) is 4.43 Å². The first-order chi connectivity index (χ1) is 4.16. The van der Waals surface area contributed by atoms with Crippen molar-refractivity contribution in [3.8, 4) is 0 Å². The summed E-state index contributed by atoms with van der Waals surface area (Å²) in [6, 6.07) is 0.424. The Hall–Kier alpha value is 0.690. The Morgan fingerprint density at radius 1 is 1.33 bits per heavy atom. The van der Waals surface area contributed by atoms with E-state index in [0.29, 0.717) is 6.04 Å². The van der Waals surface area contributed by atoms with Crippen molar-refractivity contribution in [3.05, 3.63) is 0 Å². The van der Waals surface area contributed by atoms with Crippen LogP contribution in [0.5, 0.6) is 0 Å². The summed E-state index contributed by atoms with van der Waals surface area (Å²) in [6.45, 7) is 4.47. The molecule has 0 spiro atoms. The summed E-state index contributed by atoms with van der Waals surface area (Å²) < 4.78 is 1.09. The van der Waals surface area contributed by atoms with Gasteiger partial charge < -0.3 is 5.73 Å². The lowest BCUT2D eigenvalue weighted by Crippen LogP contribution is -2.21. The highest BCUT2D eigenvalue weighted by Crippen LogP contribution is 2.06. The van der Waals surface area contributed by atoms with Crippen LogP contribution in [0.3, 0.4) is 0 Å². The zero-order valence-corrected chi connectivity index (χ0v) is 8.39. The van der Waals surface area contributed by atoms with Crippen molar-refractivity contribution in [1.29, 1.82) is 0 Å². The summed E-state index contributed by atoms with van der Waals surface area (Å²) in [5, 5.41) is 0. The molecule has 0 aliphatic carbocycles. The summed E-state index contributed by atoms with van der Waals surface area (Å²) >= 11 is 2.34. The molecule has 0 rings (SSSR count). The van der Waals surface area contributed by atoms with Crippen molar-refractivity contribution in [1.82, 2.24) is 0 Å². The van der Waals surface area contributed by atoms with Crippen molar-refractivity contribution in [2.24, 2.45) is 11.7 Å². The van der Waals surface area contributed by atoms with Crippen molar-refractivity contribution < 1.29 is 0 Å². The summed E-state index contributed by atoms with van der Waals surface area (Å²) in [7, 11) is 0. The van der Waals surface area contributed by atoms with Crippen LogP contribution in [0.1, 0.15) is 26.7 Å². The first-order valence-electron chi connectivity index (χ1n) is 3.48. The van der Waals surface area contributed by atoms with Gasteiger partial charge in [0.2, 0.25) is 0 Å². The van der Waals surface area contributed by atoms with E-state index in [2.05, 4.69) is 36.4 Å². The highest BCUT2D eigenvalue weighted by atomic mass is 127. The molecule has 0 aromatic carbocycles. The van der Waals surface area contributed by atoms with Gasteiger partial charge in [-0.2, -0.15) is 0 Å². The Kier molecular flexibility index (Phi) is 5.89. The maximum atomic E-state index is 5.71. The van der Waals surface area contributed by atoms with Gasteiger partial charge in [-0.05, 0) is 18.8 Å². The number of hydrogen-bond donors (Lipinski definition) is 1. The number of halogens is 1. The molecular formula is C7H16IN. The van der Waals surface area contributed by atoms with E-state index < -0.39 is 0 Å². The largest absolute Gasteiger partial charge is 0.327 e. The van der Waals surface area contributed by atoms with Crippen LogP contribution in [0.15, 0.2) is 0 Å². The van der Waals surface area contributed by atoms with E-state index in [9.17, 15) is 0 Å². The molecule has 0 fully saturated rings. The molecule has 1 nitrogen and oxygen atoms in total. The Morgan fingerprint density at radius 3 is 2.22 bits per heavy atom. The van der Waals surface area contributed by atoms with Crippen LogP contribution in [0.4, 0.5) is 0 Å². The molecule has 0 saturated carbocycles. The molecule has 0 aromatic rings. The minimum Gasteiger partial charge on any atom is -0.327 e. The standard InChI is InChI=1S/C7H16IN/c1-6(2)3-4-7(9)5-8/h6-7H,3-5,9H2,1-2H3. The van der Waals surface area contributed by atoms with Gasteiger partial charge in [-0.1, -0.05) is 36.4 Å². The highest BCUT2D eigenvalue weighted by Gasteiger charge is 2.00. The quantitative estimate of drug-likeness (QED) is 0.592. The summed E-state index contributed by atoms with van der Waals surface area (Å²) in [5.74, 6) is 0.805. The summed E-state index contributed by atoms with van der Waals surface area (Å²) in [5.41, 5.74) is 5.71. The molecule has 2 N–H and O–H groups in total. The Morgan fingerprint density at radius 2 is 1.89 bits per heavy atom. The van der Waals surface area contributed by atoms with E-state index in [1.807, 2.05) is 0 Å². The molecule has 0 radical (unpaired) electrons. The van der Waals surface area contributed by atoms with Crippen LogP contribution in [0.2, 0.25) is 0 Å². The molecule has 0 saturated heterocycles. The highest BCUT2D eigenvalue weighted by molar-refractivity contribution is 14.1. The normalized spacial score (nSPS) is 14.3. The molecule has 0 heterocycles. The fraction of sp³-hybridized carbons (Fsp3) is 1.00. The van der Waals surface area contributed by atoms with Gasteiger partial charge in [0, 0.05) is 10.5 Å². The lowest BCUT2D eigenvalue weighted by atomic mass is 10.1. The minimum absolute atomic E-state index is 0.424. The Bertz CT molecular complexity index is 63.9. The third kappa shape index (κ3) is 6.58. The van der Waals surface area contributed by atoms with E-state index in [4.69, 9.17) is 5.73 Å². The van der Waals surface area contributed by atoms with Crippen molar-refractivity contribution >= 4 is 22.6 Å². The van der Waals surface area contributed by atoms with E-state index in [-0.39, 0.29) is 0 Å². The maximum absolute atomic E-state index is 5.71. The predicted octanol–water partition coefficient (Wildman–Crippen LogP) is 2.18. The van der Waals surface area contributed by atoms with Gasteiger partial charge in [-0.3, -0.25) is 0 Å². The fourth-order valence-electron chi connectivity index (χ4n) is 0.625. The third-order valence-electron chi connectivity index (χ3n) is 1.31. The number of rotatable bonds is 4. The molecule has 0 amide bonds. The van der Waals surface area contributed by atoms with E-state index in [1.165, 1.54) is 12.8 Å². The molecule has 1 unspecified atom stereocenters. The molecular weight excluding hydrogens is 225 g/mol.